The van der Waals surface area contributed by atoms with E-state index in [9.17, 15) is 0 Å². The van der Waals surface area contributed by atoms with Gasteiger partial charge in [0.2, 0.25) is 0 Å². The summed E-state index contributed by atoms with van der Waals surface area (Å²) < 4.78 is 17.1. The van der Waals surface area contributed by atoms with E-state index in [1.165, 1.54) is 21.9 Å². The predicted molar refractivity (Wildman–Crippen MR) is 70.0 cm³/mol. The minimum Gasteiger partial charge on any atom is -0.376 e. The van der Waals surface area contributed by atoms with Gasteiger partial charge in [-0.05, 0) is 34.0 Å². The lowest BCUT2D eigenvalue weighted by atomic mass is 10.00. The molecule has 2 saturated heterocycles. The number of hydrogen-bond acceptors (Lipinski definition) is 3. The van der Waals surface area contributed by atoms with E-state index in [2.05, 4.69) is 36.4 Å². The Bertz CT molecular complexity index is 613. The molecule has 4 atom stereocenters. The lowest BCUT2D eigenvalue weighted by molar-refractivity contribution is 0.102. The maximum Gasteiger partial charge on any atom is 0.112 e. The highest BCUT2D eigenvalue weighted by Crippen LogP contribution is 2.43. The standard InChI is InChI=1S/C16H14O3/c1-3-10-5-12-6-11(4-2-9(1)12)16-14(19-16)8-17-7-13-15(10)18-13/h1-6,13-16H,7-8H2. The van der Waals surface area contributed by atoms with Crippen LogP contribution in [-0.2, 0) is 14.2 Å². The van der Waals surface area contributed by atoms with E-state index in [4.69, 9.17) is 14.2 Å². The molecule has 3 aliphatic heterocycles. The van der Waals surface area contributed by atoms with Gasteiger partial charge in [-0.25, -0.2) is 0 Å². The molecule has 3 aliphatic rings. The number of epoxide rings is 2. The zero-order valence-corrected chi connectivity index (χ0v) is 10.4. The molecule has 0 N–H and O–H groups in total. The van der Waals surface area contributed by atoms with Gasteiger partial charge in [-0.15, -0.1) is 0 Å². The zero-order valence-electron chi connectivity index (χ0n) is 10.4. The number of rotatable bonds is 0. The van der Waals surface area contributed by atoms with E-state index < -0.39 is 0 Å². The summed E-state index contributed by atoms with van der Waals surface area (Å²) in [4.78, 5) is 0. The third-order valence-corrected chi connectivity index (χ3v) is 4.27. The van der Waals surface area contributed by atoms with Crippen molar-refractivity contribution in [3.8, 4) is 0 Å². The predicted octanol–water partition coefficient (Wildman–Crippen LogP) is 2.75. The van der Waals surface area contributed by atoms with Crippen molar-refractivity contribution in [2.45, 2.75) is 24.4 Å². The van der Waals surface area contributed by atoms with Gasteiger partial charge in [0, 0.05) is 0 Å². The SMILES string of the molecule is c1cc2ccc3cc2cc1C1OC1COCC1OC31. The van der Waals surface area contributed by atoms with Crippen molar-refractivity contribution in [2.75, 3.05) is 13.2 Å². The van der Waals surface area contributed by atoms with E-state index in [1.54, 1.807) is 0 Å². The fourth-order valence-corrected chi connectivity index (χ4v) is 3.06. The summed E-state index contributed by atoms with van der Waals surface area (Å²) in [6.07, 6.45) is 0.862. The largest absolute Gasteiger partial charge is 0.376 e. The van der Waals surface area contributed by atoms with E-state index in [-0.39, 0.29) is 24.4 Å². The lowest BCUT2D eigenvalue weighted by Crippen LogP contribution is -2.08. The first-order valence-corrected chi connectivity index (χ1v) is 6.81. The summed E-state index contributed by atoms with van der Waals surface area (Å²) in [5.41, 5.74) is 2.51. The van der Waals surface area contributed by atoms with Crippen LogP contribution in [0.25, 0.3) is 10.8 Å². The first kappa shape index (κ1) is 10.4. The third kappa shape index (κ3) is 1.62. The van der Waals surface area contributed by atoms with Gasteiger partial charge in [0.1, 0.15) is 24.4 Å². The van der Waals surface area contributed by atoms with Crippen LogP contribution in [0, 0.1) is 0 Å². The highest BCUT2D eigenvalue weighted by Gasteiger charge is 2.44. The summed E-state index contributed by atoms with van der Waals surface area (Å²) in [5.74, 6) is 0. The Morgan fingerprint density at radius 1 is 0.737 bits per heavy atom. The zero-order chi connectivity index (χ0) is 12.4. The van der Waals surface area contributed by atoms with E-state index in [1.807, 2.05) is 0 Å². The molecule has 3 heteroatoms. The first-order valence-electron chi connectivity index (χ1n) is 6.81. The summed E-state index contributed by atoms with van der Waals surface area (Å²) in [6.45, 7) is 1.34. The Morgan fingerprint density at radius 3 is 1.89 bits per heavy atom. The average molecular weight is 254 g/mol. The van der Waals surface area contributed by atoms with Gasteiger partial charge >= 0.3 is 0 Å². The van der Waals surface area contributed by atoms with E-state index >= 15 is 0 Å². The molecule has 0 aromatic heterocycles. The Labute approximate surface area is 111 Å². The van der Waals surface area contributed by atoms with Crippen LogP contribution in [0.4, 0.5) is 0 Å². The Hall–Kier alpha value is -1.42. The van der Waals surface area contributed by atoms with Crippen LogP contribution in [0.5, 0.6) is 0 Å². The summed E-state index contributed by atoms with van der Waals surface area (Å²) in [7, 11) is 0. The highest BCUT2D eigenvalue weighted by atomic mass is 16.6. The number of fused-ring (bicyclic) bond motifs is 6. The summed E-state index contributed by atoms with van der Waals surface area (Å²) >= 11 is 0. The van der Waals surface area contributed by atoms with Gasteiger partial charge < -0.3 is 14.2 Å². The van der Waals surface area contributed by atoms with Gasteiger partial charge in [0.15, 0.2) is 0 Å². The molecule has 0 saturated carbocycles. The van der Waals surface area contributed by atoms with Gasteiger partial charge in [-0.3, -0.25) is 0 Å². The van der Waals surface area contributed by atoms with Gasteiger partial charge in [-0.1, -0.05) is 24.3 Å². The molecule has 3 nitrogen and oxygen atoms in total. The Kier molecular flexibility index (Phi) is 1.95. The minimum atomic E-state index is 0.211. The molecule has 0 aliphatic carbocycles. The van der Waals surface area contributed by atoms with Crippen molar-refractivity contribution in [3.63, 3.8) is 0 Å². The molecule has 4 unspecified atom stereocenters. The third-order valence-electron chi connectivity index (χ3n) is 4.27. The van der Waals surface area contributed by atoms with Gasteiger partial charge in [-0.2, -0.15) is 0 Å². The van der Waals surface area contributed by atoms with Crippen LogP contribution >= 0.6 is 0 Å². The van der Waals surface area contributed by atoms with Crippen LogP contribution in [0.1, 0.15) is 23.3 Å². The van der Waals surface area contributed by atoms with Crippen molar-refractivity contribution in [2.24, 2.45) is 0 Å². The highest BCUT2D eigenvalue weighted by molar-refractivity contribution is 5.84. The second-order valence-electron chi connectivity index (χ2n) is 5.59. The lowest BCUT2D eigenvalue weighted by Gasteiger charge is -2.05. The molecule has 2 aromatic rings. The molecular weight excluding hydrogens is 240 g/mol. The Morgan fingerprint density at radius 2 is 1.32 bits per heavy atom. The molecule has 2 aromatic carbocycles. The first-order chi connectivity index (χ1) is 9.38. The van der Waals surface area contributed by atoms with Crippen LogP contribution in [-0.4, -0.2) is 25.4 Å². The molecule has 0 radical (unpaired) electrons. The van der Waals surface area contributed by atoms with Crippen LogP contribution in [0.2, 0.25) is 0 Å². The quantitative estimate of drug-likeness (QED) is 0.678. The molecule has 2 fully saturated rings. The van der Waals surface area contributed by atoms with Crippen molar-refractivity contribution in [1.82, 2.24) is 0 Å². The number of benzene rings is 2. The fourth-order valence-electron chi connectivity index (χ4n) is 3.06. The number of ether oxygens (including phenoxy) is 3. The smallest absolute Gasteiger partial charge is 0.112 e. The molecule has 0 spiro atoms. The molecule has 5 rings (SSSR count). The molecule has 19 heavy (non-hydrogen) atoms. The molecular formula is C16H14O3. The second-order valence-corrected chi connectivity index (χ2v) is 5.59. The maximum atomic E-state index is 5.70. The van der Waals surface area contributed by atoms with E-state index in [0.29, 0.717) is 13.2 Å². The number of hydrogen-bond donors (Lipinski definition) is 0. The maximum absolute atomic E-state index is 5.70. The van der Waals surface area contributed by atoms with E-state index in [0.717, 1.165) is 0 Å². The monoisotopic (exact) mass is 254 g/mol. The van der Waals surface area contributed by atoms with Gasteiger partial charge in [0.05, 0.1) is 13.2 Å². The molecule has 0 amide bonds. The second kappa shape index (κ2) is 3.57. The van der Waals surface area contributed by atoms with Crippen molar-refractivity contribution in [1.29, 1.82) is 0 Å². The van der Waals surface area contributed by atoms with Crippen molar-refractivity contribution in [3.05, 3.63) is 47.5 Å². The Balaban J connectivity index is 1.67. The van der Waals surface area contributed by atoms with Crippen LogP contribution in [0.15, 0.2) is 36.4 Å². The molecule has 96 valence electrons. The van der Waals surface area contributed by atoms with Gasteiger partial charge in [0.25, 0.3) is 0 Å². The van der Waals surface area contributed by atoms with Crippen LogP contribution in [0.3, 0.4) is 0 Å². The van der Waals surface area contributed by atoms with Crippen molar-refractivity contribution < 1.29 is 14.2 Å². The summed E-state index contributed by atoms with van der Waals surface area (Å²) in [5, 5.41) is 2.55. The molecule has 3 bridgehead atoms. The average Bonchev–Trinajstić information content (AvgIpc) is 3.32. The minimum absolute atomic E-state index is 0.211. The topological polar surface area (TPSA) is 34.3 Å². The fraction of sp³-hybridized carbons (Fsp3) is 0.375. The van der Waals surface area contributed by atoms with Crippen molar-refractivity contribution >= 4 is 10.8 Å². The summed E-state index contributed by atoms with van der Waals surface area (Å²) in [6, 6.07) is 13.1. The van der Waals surface area contributed by atoms with Crippen LogP contribution < -0.4 is 0 Å². The molecule has 3 heterocycles. The normalized spacial score (nSPS) is 35.4.